The van der Waals surface area contributed by atoms with E-state index < -0.39 is 27.8 Å². The lowest BCUT2D eigenvalue weighted by atomic mass is 10.0. The van der Waals surface area contributed by atoms with Crippen LogP contribution in [0.4, 0.5) is 10.1 Å². The summed E-state index contributed by atoms with van der Waals surface area (Å²) in [6, 6.07) is 7.98. The summed E-state index contributed by atoms with van der Waals surface area (Å²) in [6.45, 7) is 8.32. The van der Waals surface area contributed by atoms with Crippen LogP contribution in [0.25, 0.3) is 0 Å². The van der Waals surface area contributed by atoms with E-state index in [0.717, 1.165) is 38.4 Å². The molecular formula is C22H28ClFN4O3S. The van der Waals surface area contributed by atoms with Gasteiger partial charge in [0.15, 0.2) is 0 Å². The Morgan fingerprint density at radius 1 is 1.16 bits per heavy atom. The lowest BCUT2D eigenvalue weighted by molar-refractivity contribution is 0.0940. The number of nitrogens with one attached hydrogen (secondary N) is 2. The number of anilines is 1. The van der Waals surface area contributed by atoms with Crippen LogP contribution in [0.1, 0.15) is 35.8 Å². The summed E-state index contributed by atoms with van der Waals surface area (Å²) in [5, 5.41) is 2.96. The second-order valence-electron chi connectivity index (χ2n) is 7.67. The Morgan fingerprint density at radius 2 is 1.84 bits per heavy atom. The Labute approximate surface area is 193 Å². The fraction of sp³-hybridized carbons (Fsp3) is 0.409. The van der Waals surface area contributed by atoms with Gasteiger partial charge in [0, 0.05) is 37.4 Å². The number of hydrogen-bond donors (Lipinski definition) is 2. The lowest BCUT2D eigenvalue weighted by Gasteiger charge is -2.37. The van der Waals surface area contributed by atoms with Gasteiger partial charge in [-0.1, -0.05) is 18.5 Å². The predicted octanol–water partition coefficient (Wildman–Crippen LogP) is 3.02. The molecule has 0 aromatic heterocycles. The first-order chi connectivity index (χ1) is 15.2. The second-order valence-corrected chi connectivity index (χ2v) is 9.96. The van der Waals surface area contributed by atoms with Crippen LogP contribution in [0.3, 0.4) is 0 Å². The number of carbonyl (C=O) groups is 1. The smallest absolute Gasteiger partial charge is 0.253 e. The van der Waals surface area contributed by atoms with Crippen molar-refractivity contribution in [3.63, 3.8) is 0 Å². The molecule has 0 spiro atoms. The number of amides is 1. The minimum absolute atomic E-state index is 0.0318. The highest BCUT2D eigenvalue weighted by Gasteiger charge is 2.23. The van der Waals surface area contributed by atoms with Crippen molar-refractivity contribution in [3.8, 4) is 0 Å². The van der Waals surface area contributed by atoms with Crippen molar-refractivity contribution in [1.29, 1.82) is 0 Å². The number of nitrogens with zero attached hydrogens (tertiary/aromatic N) is 2. The standard InChI is InChI=1S/C22H28ClFN4O3S/c1-4-27-9-11-28(12-10-27)21-8-5-16(24)13-18(21)15(2)26-22(29)19-14-17(6-7-20(19)23)32(30,31)25-3/h5-8,13-15,25H,4,9-12H2,1-3H3,(H,26,29). The molecule has 1 aliphatic rings. The van der Waals surface area contributed by atoms with Crippen LogP contribution in [0.5, 0.6) is 0 Å². The highest BCUT2D eigenvalue weighted by Crippen LogP contribution is 2.29. The first-order valence-corrected chi connectivity index (χ1v) is 12.3. The summed E-state index contributed by atoms with van der Waals surface area (Å²) >= 11 is 6.17. The maximum Gasteiger partial charge on any atom is 0.253 e. The number of hydrogen-bond acceptors (Lipinski definition) is 5. The number of sulfonamides is 1. The Morgan fingerprint density at radius 3 is 2.47 bits per heavy atom. The third kappa shape index (κ3) is 5.40. The molecular weight excluding hydrogens is 455 g/mol. The molecule has 1 fully saturated rings. The minimum Gasteiger partial charge on any atom is -0.369 e. The molecule has 0 saturated carbocycles. The Bertz CT molecular complexity index is 1090. The van der Waals surface area contributed by atoms with Gasteiger partial charge in [-0.2, -0.15) is 0 Å². The fourth-order valence-corrected chi connectivity index (χ4v) is 4.74. The van der Waals surface area contributed by atoms with Gasteiger partial charge in [0.05, 0.1) is 21.5 Å². The molecule has 1 amide bonds. The molecule has 3 rings (SSSR count). The van der Waals surface area contributed by atoms with Gasteiger partial charge in [-0.05, 0) is 56.9 Å². The summed E-state index contributed by atoms with van der Waals surface area (Å²) in [5.41, 5.74) is 1.55. The summed E-state index contributed by atoms with van der Waals surface area (Å²) in [5.74, 6) is -0.932. The van der Waals surface area contributed by atoms with Gasteiger partial charge in [0.25, 0.3) is 5.91 Å². The highest BCUT2D eigenvalue weighted by molar-refractivity contribution is 7.89. The van der Waals surface area contributed by atoms with E-state index in [2.05, 4.69) is 26.8 Å². The summed E-state index contributed by atoms with van der Waals surface area (Å²) in [6.07, 6.45) is 0. The Kier molecular flexibility index (Phi) is 7.76. The zero-order valence-corrected chi connectivity index (χ0v) is 19.9. The van der Waals surface area contributed by atoms with Crippen LogP contribution in [0.2, 0.25) is 5.02 Å². The molecule has 1 saturated heterocycles. The SMILES string of the molecule is CCN1CCN(c2ccc(F)cc2C(C)NC(=O)c2cc(S(=O)(=O)NC)ccc2Cl)CC1. The largest absolute Gasteiger partial charge is 0.369 e. The van der Waals surface area contributed by atoms with E-state index in [-0.39, 0.29) is 15.5 Å². The molecule has 0 radical (unpaired) electrons. The van der Waals surface area contributed by atoms with E-state index in [0.29, 0.717) is 5.56 Å². The van der Waals surface area contributed by atoms with Crippen molar-refractivity contribution in [2.75, 3.05) is 44.7 Å². The van der Waals surface area contributed by atoms with E-state index in [9.17, 15) is 17.6 Å². The maximum atomic E-state index is 14.1. The van der Waals surface area contributed by atoms with Crippen molar-refractivity contribution in [2.45, 2.75) is 24.8 Å². The molecule has 0 bridgehead atoms. The van der Waals surface area contributed by atoms with E-state index in [1.807, 2.05) is 0 Å². The van der Waals surface area contributed by atoms with Crippen LogP contribution >= 0.6 is 11.6 Å². The van der Waals surface area contributed by atoms with Crippen molar-refractivity contribution in [3.05, 3.63) is 58.4 Å². The average molecular weight is 483 g/mol. The van der Waals surface area contributed by atoms with E-state index in [4.69, 9.17) is 11.6 Å². The summed E-state index contributed by atoms with van der Waals surface area (Å²) < 4.78 is 40.5. The Balaban J connectivity index is 1.85. The quantitative estimate of drug-likeness (QED) is 0.634. The van der Waals surface area contributed by atoms with E-state index in [1.165, 1.54) is 37.4 Å². The van der Waals surface area contributed by atoms with Gasteiger partial charge in [0.2, 0.25) is 10.0 Å². The van der Waals surface area contributed by atoms with Gasteiger partial charge in [0.1, 0.15) is 5.82 Å². The van der Waals surface area contributed by atoms with Crippen molar-refractivity contribution in [2.24, 2.45) is 0 Å². The molecule has 10 heteroatoms. The number of piperazine rings is 1. The molecule has 174 valence electrons. The van der Waals surface area contributed by atoms with Gasteiger partial charge in [-0.3, -0.25) is 4.79 Å². The van der Waals surface area contributed by atoms with Crippen LogP contribution in [0, 0.1) is 5.82 Å². The minimum atomic E-state index is -3.73. The lowest BCUT2D eigenvalue weighted by Crippen LogP contribution is -2.46. The topological polar surface area (TPSA) is 81.8 Å². The van der Waals surface area contributed by atoms with Gasteiger partial charge in [-0.15, -0.1) is 0 Å². The summed E-state index contributed by atoms with van der Waals surface area (Å²) in [4.78, 5) is 17.4. The molecule has 1 atom stereocenters. The molecule has 1 heterocycles. The van der Waals surface area contributed by atoms with Crippen LogP contribution in [0.15, 0.2) is 41.3 Å². The fourth-order valence-electron chi connectivity index (χ4n) is 3.78. The normalized spacial score (nSPS) is 16.1. The first-order valence-electron chi connectivity index (χ1n) is 10.5. The number of halogens is 2. The van der Waals surface area contributed by atoms with Crippen LogP contribution in [-0.2, 0) is 10.0 Å². The zero-order chi connectivity index (χ0) is 23.5. The molecule has 2 N–H and O–H groups in total. The maximum absolute atomic E-state index is 14.1. The van der Waals surface area contributed by atoms with E-state index in [1.54, 1.807) is 13.0 Å². The monoisotopic (exact) mass is 482 g/mol. The predicted molar refractivity (Wildman–Crippen MR) is 124 cm³/mol. The van der Waals surface area contributed by atoms with Crippen molar-refractivity contribution in [1.82, 2.24) is 14.9 Å². The molecule has 2 aromatic carbocycles. The Hall–Kier alpha value is -2.20. The van der Waals surface area contributed by atoms with Crippen LogP contribution < -0.4 is 14.9 Å². The molecule has 32 heavy (non-hydrogen) atoms. The molecule has 0 aliphatic carbocycles. The van der Waals surface area contributed by atoms with Gasteiger partial charge >= 0.3 is 0 Å². The highest BCUT2D eigenvalue weighted by atomic mass is 35.5. The van der Waals surface area contributed by atoms with Gasteiger partial charge in [-0.25, -0.2) is 17.5 Å². The first kappa shape index (κ1) is 24.4. The third-order valence-electron chi connectivity index (χ3n) is 5.73. The summed E-state index contributed by atoms with van der Waals surface area (Å²) in [7, 11) is -2.44. The van der Waals surface area contributed by atoms with E-state index >= 15 is 0 Å². The second kappa shape index (κ2) is 10.2. The number of benzene rings is 2. The van der Waals surface area contributed by atoms with Crippen molar-refractivity contribution < 1.29 is 17.6 Å². The number of likely N-dealkylation sites (N-methyl/N-ethyl adjacent to an activating group) is 1. The zero-order valence-electron chi connectivity index (χ0n) is 18.4. The molecule has 1 aliphatic heterocycles. The third-order valence-corrected chi connectivity index (χ3v) is 7.47. The number of carbonyl (C=O) groups excluding carboxylic acids is 1. The molecule has 2 aromatic rings. The van der Waals surface area contributed by atoms with Crippen molar-refractivity contribution >= 4 is 33.2 Å². The van der Waals surface area contributed by atoms with Crippen LogP contribution in [-0.4, -0.2) is 59.0 Å². The van der Waals surface area contributed by atoms with Gasteiger partial charge < -0.3 is 15.1 Å². The number of rotatable bonds is 7. The molecule has 7 nitrogen and oxygen atoms in total. The average Bonchev–Trinajstić information content (AvgIpc) is 2.79. The molecule has 1 unspecified atom stereocenters.